The summed E-state index contributed by atoms with van der Waals surface area (Å²) in [5.74, 6) is 0. The number of aromatic nitrogens is 1. The van der Waals surface area contributed by atoms with E-state index in [2.05, 4.69) is 15.2 Å². The van der Waals surface area contributed by atoms with Crippen molar-refractivity contribution in [1.29, 1.82) is 0 Å². The molecule has 26 heavy (non-hydrogen) atoms. The fourth-order valence-electron chi connectivity index (χ4n) is 3.85. The average Bonchev–Trinajstić information content (AvgIpc) is 3.15. The van der Waals surface area contributed by atoms with Crippen molar-refractivity contribution in [1.82, 2.24) is 19.5 Å². The molecule has 2 aromatic rings. The van der Waals surface area contributed by atoms with Crippen LogP contribution in [0.15, 0.2) is 35.4 Å². The third kappa shape index (κ3) is 3.59. The lowest BCUT2D eigenvalue weighted by atomic mass is 10.2. The quantitative estimate of drug-likeness (QED) is 0.854. The Morgan fingerprint density at radius 3 is 2.65 bits per heavy atom. The molecule has 0 aliphatic carbocycles. The van der Waals surface area contributed by atoms with Gasteiger partial charge in [-0.3, -0.25) is 9.88 Å². The zero-order valence-electron chi connectivity index (χ0n) is 14.9. The average molecular weight is 397 g/mol. The van der Waals surface area contributed by atoms with Crippen LogP contribution in [0.2, 0.25) is 0 Å². The number of para-hydroxylation sites is 1. The van der Waals surface area contributed by atoms with Gasteiger partial charge in [0.1, 0.15) is 4.90 Å². The second-order valence-electron chi connectivity index (χ2n) is 6.93. The summed E-state index contributed by atoms with van der Waals surface area (Å²) >= 11 is 0. The summed E-state index contributed by atoms with van der Waals surface area (Å²) in [6.45, 7) is 6.71. The highest BCUT2D eigenvalue weighted by molar-refractivity contribution is 7.89. The van der Waals surface area contributed by atoms with E-state index in [0.717, 1.165) is 43.5 Å². The third-order valence-electron chi connectivity index (χ3n) is 5.25. The van der Waals surface area contributed by atoms with Crippen molar-refractivity contribution in [3.63, 3.8) is 0 Å². The fourth-order valence-corrected chi connectivity index (χ4v) is 5.44. The second kappa shape index (κ2) is 7.78. The van der Waals surface area contributed by atoms with Gasteiger partial charge in [-0.2, -0.15) is 4.31 Å². The third-order valence-corrected chi connectivity index (χ3v) is 7.18. The maximum absolute atomic E-state index is 13.2. The van der Waals surface area contributed by atoms with Crippen LogP contribution in [0, 0.1) is 6.92 Å². The summed E-state index contributed by atoms with van der Waals surface area (Å²) in [6.07, 6.45) is 2.88. The van der Waals surface area contributed by atoms with Crippen molar-refractivity contribution in [3.05, 3.63) is 36.0 Å². The monoisotopic (exact) mass is 396 g/mol. The predicted octanol–water partition coefficient (Wildman–Crippen LogP) is 1.63. The van der Waals surface area contributed by atoms with Crippen molar-refractivity contribution in [3.8, 4) is 0 Å². The Labute approximate surface area is 161 Å². The Morgan fingerprint density at radius 1 is 1.19 bits per heavy atom. The lowest BCUT2D eigenvalue weighted by molar-refractivity contribution is 0.145. The van der Waals surface area contributed by atoms with Gasteiger partial charge in [-0.05, 0) is 37.6 Å². The molecule has 142 valence electrons. The van der Waals surface area contributed by atoms with Crippen molar-refractivity contribution < 1.29 is 8.42 Å². The van der Waals surface area contributed by atoms with Gasteiger partial charge < -0.3 is 5.32 Å². The molecular weight excluding hydrogens is 372 g/mol. The summed E-state index contributed by atoms with van der Waals surface area (Å²) in [7, 11) is -3.52. The molecule has 2 aliphatic rings. The minimum atomic E-state index is -3.52. The minimum absolute atomic E-state index is 0. The molecule has 0 saturated carbocycles. The van der Waals surface area contributed by atoms with E-state index in [1.54, 1.807) is 22.6 Å². The topological polar surface area (TPSA) is 65.5 Å². The van der Waals surface area contributed by atoms with E-state index in [0.29, 0.717) is 29.5 Å². The number of halogens is 1. The number of hydrogen-bond donors (Lipinski definition) is 1. The van der Waals surface area contributed by atoms with Crippen LogP contribution in [0.4, 0.5) is 0 Å². The lowest BCUT2D eigenvalue weighted by Crippen LogP contribution is -2.52. The number of hydrogen-bond acceptors (Lipinski definition) is 5. The van der Waals surface area contributed by atoms with Gasteiger partial charge in [0, 0.05) is 50.3 Å². The molecule has 1 aromatic heterocycles. The van der Waals surface area contributed by atoms with Gasteiger partial charge in [-0.15, -0.1) is 12.4 Å². The molecule has 1 atom stereocenters. The zero-order chi connectivity index (χ0) is 17.4. The van der Waals surface area contributed by atoms with Crippen LogP contribution in [-0.4, -0.2) is 67.9 Å². The molecule has 2 saturated heterocycles. The van der Waals surface area contributed by atoms with Crippen LogP contribution in [0.25, 0.3) is 10.9 Å². The molecule has 0 spiro atoms. The number of sulfonamides is 1. The molecular formula is C18H25ClN4O2S. The number of fused-ring (bicyclic) bond motifs is 1. The van der Waals surface area contributed by atoms with E-state index in [9.17, 15) is 8.42 Å². The van der Waals surface area contributed by atoms with Gasteiger partial charge in [0.25, 0.3) is 0 Å². The first-order valence-corrected chi connectivity index (χ1v) is 10.3. The summed E-state index contributed by atoms with van der Waals surface area (Å²) in [5.41, 5.74) is 1.59. The molecule has 3 heterocycles. The largest absolute Gasteiger partial charge is 0.315 e. The predicted molar refractivity (Wildman–Crippen MR) is 105 cm³/mol. The molecule has 1 unspecified atom stereocenters. The van der Waals surface area contributed by atoms with Gasteiger partial charge in [-0.25, -0.2) is 8.42 Å². The molecule has 4 rings (SSSR count). The van der Waals surface area contributed by atoms with E-state index >= 15 is 0 Å². The first-order chi connectivity index (χ1) is 12.1. The van der Waals surface area contributed by atoms with Crippen LogP contribution in [0.1, 0.15) is 12.0 Å². The van der Waals surface area contributed by atoms with E-state index in [4.69, 9.17) is 0 Å². The molecule has 0 radical (unpaired) electrons. The lowest BCUT2D eigenvalue weighted by Gasteiger charge is -2.37. The molecule has 8 heteroatoms. The highest BCUT2D eigenvalue weighted by Gasteiger charge is 2.32. The molecule has 2 aliphatic heterocycles. The number of nitrogens with one attached hydrogen (secondary N) is 1. The Hall–Kier alpha value is -1.25. The van der Waals surface area contributed by atoms with E-state index in [1.165, 1.54) is 0 Å². The summed E-state index contributed by atoms with van der Waals surface area (Å²) < 4.78 is 28.0. The van der Waals surface area contributed by atoms with Crippen LogP contribution < -0.4 is 5.32 Å². The Bertz CT molecular complexity index is 876. The first-order valence-electron chi connectivity index (χ1n) is 8.86. The Kier molecular flexibility index (Phi) is 5.84. The van der Waals surface area contributed by atoms with Crippen LogP contribution in [0.3, 0.4) is 0 Å². The van der Waals surface area contributed by atoms with Crippen molar-refractivity contribution in [2.24, 2.45) is 0 Å². The number of aryl methyl sites for hydroxylation is 1. The number of nitrogens with zero attached hydrogens (tertiary/aromatic N) is 3. The van der Waals surface area contributed by atoms with Crippen LogP contribution in [0.5, 0.6) is 0 Å². The highest BCUT2D eigenvalue weighted by Crippen LogP contribution is 2.26. The van der Waals surface area contributed by atoms with Gasteiger partial charge in [0.05, 0.1) is 5.52 Å². The van der Waals surface area contributed by atoms with E-state index in [-0.39, 0.29) is 12.4 Å². The van der Waals surface area contributed by atoms with Crippen molar-refractivity contribution in [2.45, 2.75) is 24.3 Å². The summed E-state index contributed by atoms with van der Waals surface area (Å²) in [4.78, 5) is 7.13. The zero-order valence-corrected chi connectivity index (χ0v) is 16.5. The SMILES string of the molecule is Cc1cnc2c(S(=O)(=O)N3CCN(C4CCNC4)CC3)cccc2c1.Cl. The second-order valence-corrected chi connectivity index (χ2v) is 8.83. The summed E-state index contributed by atoms with van der Waals surface area (Å²) in [5, 5.41) is 4.25. The minimum Gasteiger partial charge on any atom is -0.315 e. The highest BCUT2D eigenvalue weighted by atomic mass is 35.5. The van der Waals surface area contributed by atoms with E-state index in [1.807, 2.05) is 19.1 Å². The van der Waals surface area contributed by atoms with Gasteiger partial charge in [-0.1, -0.05) is 12.1 Å². The Balaban J connectivity index is 0.00000196. The summed E-state index contributed by atoms with van der Waals surface area (Å²) in [6, 6.07) is 7.92. The maximum Gasteiger partial charge on any atom is 0.245 e. The molecule has 1 aromatic carbocycles. The number of rotatable bonds is 3. The van der Waals surface area contributed by atoms with Gasteiger partial charge >= 0.3 is 0 Å². The van der Waals surface area contributed by atoms with Crippen LogP contribution in [-0.2, 0) is 10.0 Å². The first kappa shape index (κ1) is 19.5. The standard InChI is InChI=1S/C18H24N4O2S.ClH/c1-14-11-15-3-2-4-17(18(15)20-12-14)25(23,24)22-9-7-21(8-10-22)16-5-6-19-13-16;/h2-4,11-12,16,19H,5-10,13H2,1H3;1H. The molecule has 0 bridgehead atoms. The number of pyridine rings is 1. The Morgan fingerprint density at radius 2 is 1.96 bits per heavy atom. The molecule has 2 fully saturated rings. The smallest absolute Gasteiger partial charge is 0.245 e. The normalized spacial score (nSPS) is 22.4. The van der Waals surface area contributed by atoms with Gasteiger partial charge in [0.15, 0.2) is 0 Å². The van der Waals surface area contributed by atoms with Crippen molar-refractivity contribution >= 4 is 33.3 Å². The van der Waals surface area contributed by atoms with Gasteiger partial charge in [0.2, 0.25) is 10.0 Å². The molecule has 1 N–H and O–H groups in total. The number of piperazine rings is 1. The fraction of sp³-hybridized carbons (Fsp3) is 0.500. The van der Waals surface area contributed by atoms with Crippen molar-refractivity contribution in [2.75, 3.05) is 39.3 Å². The maximum atomic E-state index is 13.2. The van der Waals surface area contributed by atoms with Crippen LogP contribution >= 0.6 is 12.4 Å². The molecule has 6 nitrogen and oxygen atoms in total. The number of benzene rings is 1. The molecule has 0 amide bonds. The van der Waals surface area contributed by atoms with E-state index < -0.39 is 10.0 Å².